The fourth-order valence-electron chi connectivity index (χ4n) is 4.06. The summed E-state index contributed by atoms with van der Waals surface area (Å²) in [4.78, 5) is 35.8. The highest BCUT2D eigenvalue weighted by Crippen LogP contribution is 2.44. The lowest BCUT2D eigenvalue weighted by Gasteiger charge is -2.21. The van der Waals surface area contributed by atoms with E-state index in [2.05, 4.69) is 22.8 Å². The fraction of sp³-hybridized carbons (Fsp3) is 0.400. The van der Waals surface area contributed by atoms with Crippen molar-refractivity contribution in [3.8, 4) is 11.1 Å². The summed E-state index contributed by atoms with van der Waals surface area (Å²) in [6.45, 7) is 3.97. The molecule has 0 aromatic heterocycles. The molecule has 0 bridgehead atoms. The Bertz CT molecular complexity index is 960. The van der Waals surface area contributed by atoms with Crippen molar-refractivity contribution in [1.82, 2.24) is 10.6 Å². The first kappa shape index (κ1) is 24.3. The van der Waals surface area contributed by atoms with Gasteiger partial charge in [0.1, 0.15) is 12.6 Å². The number of hydrogen-bond acceptors (Lipinski definition) is 5. The molecular formula is C25H30N2O6. The molecule has 0 heterocycles. The van der Waals surface area contributed by atoms with Crippen LogP contribution in [0.3, 0.4) is 0 Å². The minimum atomic E-state index is -1.55. The Kier molecular flexibility index (Phi) is 8.06. The summed E-state index contributed by atoms with van der Waals surface area (Å²) in [7, 11) is 0. The Morgan fingerprint density at radius 3 is 2.12 bits per heavy atom. The number of aliphatic carboxylic acids is 1. The Morgan fingerprint density at radius 2 is 1.58 bits per heavy atom. The van der Waals surface area contributed by atoms with Crippen LogP contribution in [0.25, 0.3) is 11.1 Å². The third kappa shape index (κ3) is 6.10. The molecule has 0 aliphatic heterocycles. The zero-order valence-electron chi connectivity index (χ0n) is 18.8. The molecule has 0 saturated carbocycles. The number of nitrogens with one attached hydrogen (secondary N) is 2. The van der Waals surface area contributed by atoms with E-state index in [1.54, 1.807) is 0 Å². The van der Waals surface area contributed by atoms with E-state index in [1.165, 1.54) is 0 Å². The van der Waals surface area contributed by atoms with Gasteiger partial charge in [-0.2, -0.15) is 0 Å². The van der Waals surface area contributed by atoms with Gasteiger partial charge in [-0.05, 0) is 34.6 Å². The summed E-state index contributed by atoms with van der Waals surface area (Å²) >= 11 is 0. The number of rotatable bonds is 10. The molecule has 0 saturated heterocycles. The van der Waals surface area contributed by atoms with Gasteiger partial charge in [0.2, 0.25) is 5.91 Å². The second-order valence-corrected chi connectivity index (χ2v) is 8.59. The van der Waals surface area contributed by atoms with Gasteiger partial charge in [-0.1, -0.05) is 62.4 Å². The van der Waals surface area contributed by atoms with E-state index in [0.29, 0.717) is 6.42 Å². The molecule has 176 valence electrons. The van der Waals surface area contributed by atoms with Crippen LogP contribution < -0.4 is 10.6 Å². The molecule has 0 unspecified atom stereocenters. The Balaban J connectivity index is 1.59. The van der Waals surface area contributed by atoms with Crippen molar-refractivity contribution in [3.05, 3.63) is 59.7 Å². The van der Waals surface area contributed by atoms with E-state index in [-0.39, 0.29) is 31.4 Å². The Morgan fingerprint density at radius 1 is 1.00 bits per heavy atom. The van der Waals surface area contributed by atoms with Crippen molar-refractivity contribution in [2.75, 3.05) is 13.2 Å². The van der Waals surface area contributed by atoms with E-state index < -0.39 is 30.1 Å². The molecule has 4 N–H and O–H groups in total. The number of carbonyl (C=O) groups is 3. The molecule has 8 nitrogen and oxygen atoms in total. The Labute approximate surface area is 193 Å². The van der Waals surface area contributed by atoms with Crippen molar-refractivity contribution in [3.63, 3.8) is 0 Å². The molecule has 1 aliphatic rings. The number of fused-ring (bicyclic) bond motifs is 3. The van der Waals surface area contributed by atoms with Crippen LogP contribution >= 0.6 is 0 Å². The number of hydrogen-bond donors (Lipinski definition) is 4. The van der Waals surface area contributed by atoms with Crippen molar-refractivity contribution < 1.29 is 29.3 Å². The average Bonchev–Trinajstić information content (AvgIpc) is 3.10. The van der Waals surface area contributed by atoms with Crippen molar-refractivity contribution >= 4 is 18.0 Å². The molecule has 0 spiro atoms. The van der Waals surface area contributed by atoms with Gasteiger partial charge >= 0.3 is 12.1 Å². The number of amides is 2. The number of carboxylic acid groups (broad SMARTS) is 1. The summed E-state index contributed by atoms with van der Waals surface area (Å²) in [6, 6.07) is 15.2. The maximum Gasteiger partial charge on any atom is 0.407 e. The summed E-state index contributed by atoms with van der Waals surface area (Å²) in [5.74, 6) is -1.76. The number of carbonyl (C=O) groups excluding carboxylic acids is 2. The van der Waals surface area contributed by atoms with Gasteiger partial charge in [-0.3, -0.25) is 4.79 Å². The molecule has 3 rings (SSSR count). The van der Waals surface area contributed by atoms with Crippen molar-refractivity contribution in [2.45, 2.75) is 44.8 Å². The normalized spacial score (nSPS) is 14.2. The van der Waals surface area contributed by atoms with Crippen LogP contribution in [0, 0.1) is 5.92 Å². The SMILES string of the molecule is CC(C)C[C@@H](NC(=O)OCC1c2ccccc2-c2ccccc21)C(=O)NCC[C@H](O)C(=O)O. The highest BCUT2D eigenvalue weighted by molar-refractivity contribution is 5.85. The maximum atomic E-state index is 12.6. The van der Waals surface area contributed by atoms with E-state index in [1.807, 2.05) is 50.2 Å². The van der Waals surface area contributed by atoms with Crippen LogP contribution in [0.2, 0.25) is 0 Å². The Hall–Kier alpha value is -3.39. The molecule has 0 fully saturated rings. The largest absolute Gasteiger partial charge is 0.479 e. The van der Waals surface area contributed by atoms with E-state index in [4.69, 9.17) is 9.84 Å². The van der Waals surface area contributed by atoms with Crippen LogP contribution in [0.4, 0.5) is 4.79 Å². The lowest BCUT2D eigenvalue weighted by molar-refractivity contribution is -0.147. The number of alkyl carbamates (subject to hydrolysis) is 1. The standard InChI is InChI=1S/C25H30N2O6/c1-15(2)13-21(23(29)26-12-11-22(28)24(30)31)27-25(32)33-14-20-18-9-5-3-7-16(18)17-8-4-6-10-19(17)20/h3-10,15,20-22,28H,11-14H2,1-2H3,(H,26,29)(H,27,32)(H,30,31)/t21-,22+/m1/s1. The molecule has 0 radical (unpaired) electrons. The van der Waals surface area contributed by atoms with Crippen LogP contribution in [0.15, 0.2) is 48.5 Å². The number of aliphatic hydroxyl groups excluding tert-OH is 1. The van der Waals surface area contributed by atoms with Crippen LogP contribution in [-0.4, -0.2) is 53.5 Å². The molecule has 2 aromatic carbocycles. The third-order valence-electron chi connectivity index (χ3n) is 5.66. The molecule has 2 atom stereocenters. The average molecular weight is 455 g/mol. The first-order valence-electron chi connectivity index (χ1n) is 11.1. The van der Waals surface area contributed by atoms with Gasteiger partial charge in [-0.25, -0.2) is 9.59 Å². The van der Waals surface area contributed by atoms with Gasteiger partial charge in [-0.15, -0.1) is 0 Å². The second-order valence-electron chi connectivity index (χ2n) is 8.59. The molecule has 8 heteroatoms. The molecular weight excluding hydrogens is 424 g/mol. The highest BCUT2D eigenvalue weighted by Gasteiger charge is 2.30. The van der Waals surface area contributed by atoms with Gasteiger partial charge in [0, 0.05) is 18.9 Å². The minimum absolute atomic E-state index is 0.0206. The quantitative estimate of drug-likeness (QED) is 0.438. The van der Waals surface area contributed by atoms with Gasteiger partial charge in [0.15, 0.2) is 6.10 Å². The molecule has 2 aromatic rings. The van der Waals surface area contributed by atoms with E-state index >= 15 is 0 Å². The maximum absolute atomic E-state index is 12.6. The van der Waals surface area contributed by atoms with Crippen molar-refractivity contribution in [1.29, 1.82) is 0 Å². The van der Waals surface area contributed by atoms with Gasteiger partial charge in [0.25, 0.3) is 0 Å². The topological polar surface area (TPSA) is 125 Å². The summed E-state index contributed by atoms with van der Waals surface area (Å²) < 4.78 is 5.53. The van der Waals surface area contributed by atoms with Crippen LogP contribution in [0.1, 0.15) is 43.7 Å². The smallest absolute Gasteiger partial charge is 0.407 e. The predicted molar refractivity (Wildman–Crippen MR) is 123 cm³/mol. The molecule has 33 heavy (non-hydrogen) atoms. The summed E-state index contributed by atoms with van der Waals surface area (Å²) in [6.07, 6.45) is -1.98. The summed E-state index contributed by atoms with van der Waals surface area (Å²) in [5, 5.41) is 23.3. The van der Waals surface area contributed by atoms with Gasteiger partial charge in [0.05, 0.1) is 0 Å². The first-order valence-corrected chi connectivity index (χ1v) is 11.1. The third-order valence-corrected chi connectivity index (χ3v) is 5.66. The predicted octanol–water partition coefficient (Wildman–Crippen LogP) is 2.89. The number of aliphatic hydroxyl groups is 1. The minimum Gasteiger partial charge on any atom is -0.479 e. The molecule has 1 aliphatic carbocycles. The number of ether oxygens (including phenoxy) is 1. The monoisotopic (exact) mass is 454 g/mol. The number of benzene rings is 2. The zero-order chi connectivity index (χ0) is 24.0. The highest BCUT2D eigenvalue weighted by atomic mass is 16.5. The fourth-order valence-corrected chi connectivity index (χ4v) is 4.06. The van der Waals surface area contributed by atoms with Crippen molar-refractivity contribution in [2.24, 2.45) is 5.92 Å². The van der Waals surface area contributed by atoms with Crippen LogP contribution in [0.5, 0.6) is 0 Å². The van der Waals surface area contributed by atoms with E-state index in [9.17, 15) is 19.5 Å². The first-order chi connectivity index (χ1) is 15.8. The van der Waals surface area contributed by atoms with Crippen LogP contribution in [-0.2, 0) is 14.3 Å². The van der Waals surface area contributed by atoms with Gasteiger partial charge < -0.3 is 25.6 Å². The lowest BCUT2D eigenvalue weighted by Crippen LogP contribution is -2.48. The molecule has 2 amide bonds. The second kappa shape index (κ2) is 11.0. The summed E-state index contributed by atoms with van der Waals surface area (Å²) in [5.41, 5.74) is 4.45. The lowest BCUT2D eigenvalue weighted by atomic mass is 9.98. The van der Waals surface area contributed by atoms with E-state index in [0.717, 1.165) is 22.3 Å². The zero-order valence-corrected chi connectivity index (χ0v) is 18.8. The number of carboxylic acids is 1.